The third-order valence-corrected chi connectivity index (χ3v) is 2.64. The molecule has 19 heavy (non-hydrogen) atoms. The zero-order valence-corrected chi connectivity index (χ0v) is 10.1. The van der Waals surface area contributed by atoms with E-state index in [1.54, 1.807) is 6.92 Å². The van der Waals surface area contributed by atoms with E-state index in [0.29, 0.717) is 11.3 Å². The quantitative estimate of drug-likeness (QED) is 0.817. The Morgan fingerprint density at radius 3 is 2.37 bits per heavy atom. The number of phenols is 1. The number of phenolic OH excluding ortho intramolecular Hbond substituents is 1. The van der Waals surface area contributed by atoms with Crippen molar-refractivity contribution in [2.24, 2.45) is 0 Å². The Balaban J connectivity index is 2.28. The molecule has 98 valence electrons. The predicted molar refractivity (Wildman–Crippen MR) is 67.2 cm³/mol. The van der Waals surface area contributed by atoms with Crippen molar-refractivity contribution in [3.8, 4) is 5.75 Å². The van der Waals surface area contributed by atoms with Crippen LogP contribution in [0.1, 0.15) is 15.9 Å². The van der Waals surface area contributed by atoms with Crippen molar-refractivity contribution in [2.45, 2.75) is 6.92 Å². The molecule has 5 heteroatoms. The van der Waals surface area contributed by atoms with Gasteiger partial charge in [-0.05, 0) is 42.8 Å². The summed E-state index contributed by atoms with van der Waals surface area (Å²) in [7, 11) is 0. The summed E-state index contributed by atoms with van der Waals surface area (Å²) in [6.45, 7) is 1.65. The van der Waals surface area contributed by atoms with Gasteiger partial charge < -0.3 is 10.4 Å². The van der Waals surface area contributed by atoms with E-state index in [-0.39, 0.29) is 5.75 Å². The Morgan fingerprint density at radius 1 is 1.16 bits per heavy atom. The van der Waals surface area contributed by atoms with E-state index in [1.165, 1.54) is 24.3 Å². The average Bonchev–Trinajstić information content (AvgIpc) is 2.33. The molecular weight excluding hydrogens is 252 g/mol. The van der Waals surface area contributed by atoms with Crippen LogP contribution in [0.5, 0.6) is 5.75 Å². The molecule has 0 heterocycles. The molecule has 0 bridgehead atoms. The topological polar surface area (TPSA) is 49.3 Å². The number of hydrogen-bond donors (Lipinski definition) is 2. The molecule has 3 nitrogen and oxygen atoms in total. The number of rotatable bonds is 2. The summed E-state index contributed by atoms with van der Waals surface area (Å²) in [4.78, 5) is 11.8. The number of amides is 1. The van der Waals surface area contributed by atoms with E-state index in [0.717, 1.165) is 12.1 Å². The van der Waals surface area contributed by atoms with E-state index in [9.17, 15) is 18.7 Å². The number of aryl methyl sites for hydroxylation is 1. The van der Waals surface area contributed by atoms with Crippen LogP contribution in [0, 0.1) is 18.6 Å². The van der Waals surface area contributed by atoms with Crippen molar-refractivity contribution in [1.82, 2.24) is 0 Å². The van der Waals surface area contributed by atoms with Crippen LogP contribution in [0.4, 0.5) is 14.5 Å². The van der Waals surface area contributed by atoms with Gasteiger partial charge >= 0.3 is 0 Å². The fraction of sp³-hybridized carbons (Fsp3) is 0.0714. The minimum atomic E-state index is -0.923. The van der Waals surface area contributed by atoms with Crippen LogP contribution >= 0.6 is 0 Å². The van der Waals surface area contributed by atoms with Crippen LogP contribution in [0.3, 0.4) is 0 Å². The van der Waals surface area contributed by atoms with Gasteiger partial charge in [0.15, 0.2) is 0 Å². The van der Waals surface area contributed by atoms with Crippen LogP contribution in [0.2, 0.25) is 0 Å². The molecule has 2 N–H and O–H groups in total. The van der Waals surface area contributed by atoms with Gasteiger partial charge in [-0.2, -0.15) is 0 Å². The molecule has 0 aromatic heterocycles. The van der Waals surface area contributed by atoms with Gasteiger partial charge in [-0.1, -0.05) is 6.07 Å². The van der Waals surface area contributed by atoms with Crippen LogP contribution in [-0.4, -0.2) is 11.0 Å². The summed E-state index contributed by atoms with van der Waals surface area (Å²) >= 11 is 0. The summed E-state index contributed by atoms with van der Waals surface area (Å²) in [5.41, 5.74) is 0.267. The van der Waals surface area contributed by atoms with Gasteiger partial charge in [-0.15, -0.1) is 0 Å². The highest BCUT2D eigenvalue weighted by Gasteiger charge is 2.17. The van der Waals surface area contributed by atoms with Gasteiger partial charge in [-0.3, -0.25) is 4.79 Å². The van der Waals surface area contributed by atoms with Crippen LogP contribution < -0.4 is 5.32 Å². The maximum atomic E-state index is 13.4. The number of halogens is 2. The standard InChI is InChI=1S/C14H11F2NO2/c1-8-7-9(5-6-12(8)18)17-14(19)13-10(15)3-2-4-11(13)16/h2-7,18H,1H3,(H,17,19). The van der Waals surface area contributed by atoms with E-state index >= 15 is 0 Å². The van der Waals surface area contributed by atoms with Crippen molar-refractivity contribution < 1.29 is 18.7 Å². The summed E-state index contributed by atoms with van der Waals surface area (Å²) in [5, 5.41) is 11.7. The Kier molecular flexibility index (Phi) is 3.46. The molecule has 0 aliphatic heterocycles. The van der Waals surface area contributed by atoms with Crippen LogP contribution in [0.25, 0.3) is 0 Å². The monoisotopic (exact) mass is 263 g/mol. The fourth-order valence-electron chi connectivity index (χ4n) is 1.64. The second-order valence-corrected chi connectivity index (χ2v) is 4.05. The number of carbonyl (C=O) groups is 1. The summed E-state index contributed by atoms with van der Waals surface area (Å²) in [6.07, 6.45) is 0. The third-order valence-electron chi connectivity index (χ3n) is 2.64. The van der Waals surface area contributed by atoms with E-state index in [1.807, 2.05) is 0 Å². The van der Waals surface area contributed by atoms with Crippen LogP contribution in [-0.2, 0) is 0 Å². The molecule has 0 aliphatic carbocycles. The lowest BCUT2D eigenvalue weighted by molar-refractivity contribution is 0.101. The first-order valence-corrected chi connectivity index (χ1v) is 5.54. The summed E-state index contributed by atoms with van der Waals surface area (Å²) in [6, 6.07) is 7.56. The Bertz CT molecular complexity index is 621. The Hall–Kier alpha value is -2.43. The van der Waals surface area contributed by atoms with Gasteiger partial charge in [-0.25, -0.2) is 8.78 Å². The smallest absolute Gasteiger partial charge is 0.261 e. The van der Waals surface area contributed by atoms with Gasteiger partial charge in [0, 0.05) is 5.69 Å². The number of carbonyl (C=O) groups excluding carboxylic acids is 1. The summed E-state index contributed by atoms with van der Waals surface area (Å²) in [5.74, 6) is -2.64. The van der Waals surface area contributed by atoms with Gasteiger partial charge in [0.2, 0.25) is 0 Å². The highest BCUT2D eigenvalue weighted by atomic mass is 19.1. The molecule has 0 aliphatic rings. The molecule has 0 atom stereocenters. The third kappa shape index (κ3) is 2.70. The second kappa shape index (κ2) is 5.06. The summed E-state index contributed by atoms with van der Waals surface area (Å²) < 4.78 is 26.8. The van der Waals surface area contributed by atoms with Crippen molar-refractivity contribution >= 4 is 11.6 Å². The Labute approximate surface area is 108 Å². The first-order valence-electron chi connectivity index (χ1n) is 5.54. The van der Waals surface area contributed by atoms with Crippen LogP contribution in [0.15, 0.2) is 36.4 Å². The zero-order valence-electron chi connectivity index (χ0n) is 10.1. The maximum absolute atomic E-state index is 13.4. The van der Waals surface area contributed by atoms with Crippen molar-refractivity contribution in [1.29, 1.82) is 0 Å². The molecular formula is C14H11F2NO2. The molecule has 0 saturated carbocycles. The molecule has 0 saturated heterocycles. The molecule has 0 radical (unpaired) electrons. The zero-order chi connectivity index (χ0) is 14.0. The SMILES string of the molecule is Cc1cc(NC(=O)c2c(F)cccc2F)ccc1O. The first-order chi connectivity index (χ1) is 8.99. The predicted octanol–water partition coefficient (Wildman–Crippen LogP) is 3.23. The number of hydrogen-bond acceptors (Lipinski definition) is 2. The fourth-order valence-corrected chi connectivity index (χ4v) is 1.64. The lowest BCUT2D eigenvalue weighted by Crippen LogP contribution is -2.15. The maximum Gasteiger partial charge on any atom is 0.261 e. The normalized spacial score (nSPS) is 10.3. The molecule has 2 aromatic rings. The number of benzene rings is 2. The Morgan fingerprint density at radius 2 is 1.79 bits per heavy atom. The van der Waals surface area contributed by atoms with Crippen molar-refractivity contribution in [3.63, 3.8) is 0 Å². The molecule has 1 amide bonds. The lowest BCUT2D eigenvalue weighted by atomic mass is 10.1. The molecule has 0 fully saturated rings. The van der Waals surface area contributed by atoms with E-state index in [4.69, 9.17) is 0 Å². The first kappa shape index (κ1) is 13.0. The molecule has 0 spiro atoms. The van der Waals surface area contributed by atoms with E-state index < -0.39 is 23.1 Å². The van der Waals surface area contributed by atoms with Gasteiger partial charge in [0.25, 0.3) is 5.91 Å². The lowest BCUT2D eigenvalue weighted by Gasteiger charge is -2.08. The minimum absolute atomic E-state index is 0.0788. The number of aromatic hydroxyl groups is 1. The average molecular weight is 263 g/mol. The number of nitrogens with one attached hydrogen (secondary N) is 1. The molecule has 0 unspecified atom stereocenters. The largest absolute Gasteiger partial charge is 0.508 e. The highest BCUT2D eigenvalue weighted by Crippen LogP contribution is 2.21. The molecule has 2 aromatic carbocycles. The van der Waals surface area contributed by atoms with Gasteiger partial charge in [0.1, 0.15) is 22.9 Å². The van der Waals surface area contributed by atoms with Gasteiger partial charge in [0.05, 0.1) is 0 Å². The van der Waals surface area contributed by atoms with Crippen molar-refractivity contribution in [2.75, 3.05) is 5.32 Å². The number of anilines is 1. The van der Waals surface area contributed by atoms with E-state index in [2.05, 4.69) is 5.32 Å². The second-order valence-electron chi connectivity index (χ2n) is 4.05. The highest BCUT2D eigenvalue weighted by molar-refractivity contribution is 6.04. The molecule has 2 rings (SSSR count). The minimum Gasteiger partial charge on any atom is -0.508 e. The van der Waals surface area contributed by atoms with Crippen molar-refractivity contribution in [3.05, 3.63) is 59.2 Å².